The zero-order valence-corrected chi connectivity index (χ0v) is 13.5. The van der Waals surface area contributed by atoms with Gasteiger partial charge >= 0.3 is 0 Å². The van der Waals surface area contributed by atoms with Crippen LogP contribution in [0.25, 0.3) is 28.0 Å². The molecule has 0 aromatic heterocycles. The second-order valence-electron chi connectivity index (χ2n) is 5.70. The van der Waals surface area contributed by atoms with Crippen molar-refractivity contribution in [3.63, 3.8) is 0 Å². The van der Waals surface area contributed by atoms with Gasteiger partial charge in [0.25, 0.3) is 0 Å². The third-order valence-corrected chi connectivity index (χ3v) is 4.45. The van der Waals surface area contributed by atoms with E-state index in [-0.39, 0.29) is 5.78 Å². The quantitative estimate of drug-likeness (QED) is 0.700. The summed E-state index contributed by atoms with van der Waals surface area (Å²) in [5.41, 5.74) is 3.93. The number of methoxy groups -OCH3 is 2. The summed E-state index contributed by atoms with van der Waals surface area (Å²) >= 11 is 0. The third-order valence-electron chi connectivity index (χ3n) is 4.45. The molecule has 4 rings (SSSR count). The molecule has 24 heavy (non-hydrogen) atoms. The fraction of sp³-hybridized carbons (Fsp3) is 0.0952. The van der Waals surface area contributed by atoms with Crippen molar-refractivity contribution in [3.8, 4) is 22.6 Å². The smallest absolute Gasteiger partial charge is 0.186 e. The Labute approximate surface area is 140 Å². The van der Waals surface area contributed by atoms with Gasteiger partial charge in [-0.15, -0.1) is 0 Å². The lowest BCUT2D eigenvalue weighted by atomic mass is 9.88. The van der Waals surface area contributed by atoms with E-state index in [0.717, 1.165) is 33.0 Å². The molecule has 0 unspecified atom stereocenters. The van der Waals surface area contributed by atoms with Crippen molar-refractivity contribution in [3.05, 3.63) is 65.7 Å². The topological polar surface area (TPSA) is 35.5 Å². The van der Waals surface area contributed by atoms with Gasteiger partial charge in [0.1, 0.15) is 0 Å². The first kappa shape index (κ1) is 14.5. The minimum absolute atomic E-state index is 0.0533. The summed E-state index contributed by atoms with van der Waals surface area (Å²) in [4.78, 5) is 12.2. The molecule has 0 saturated carbocycles. The molecule has 0 N–H and O–H groups in total. The Kier molecular flexibility index (Phi) is 3.35. The van der Waals surface area contributed by atoms with Gasteiger partial charge in [0.2, 0.25) is 0 Å². The Hall–Kier alpha value is -3.07. The van der Waals surface area contributed by atoms with Gasteiger partial charge in [-0.3, -0.25) is 4.79 Å². The van der Waals surface area contributed by atoms with Crippen LogP contribution in [-0.2, 0) is 0 Å². The summed E-state index contributed by atoms with van der Waals surface area (Å²) < 4.78 is 10.7. The van der Waals surface area contributed by atoms with Crippen LogP contribution in [0.5, 0.6) is 11.5 Å². The first-order valence-corrected chi connectivity index (χ1v) is 7.73. The van der Waals surface area contributed by atoms with E-state index < -0.39 is 0 Å². The molecule has 1 aliphatic rings. The van der Waals surface area contributed by atoms with Crippen molar-refractivity contribution in [1.29, 1.82) is 0 Å². The Morgan fingerprint density at radius 2 is 1.62 bits per heavy atom. The maximum absolute atomic E-state index is 12.2. The van der Waals surface area contributed by atoms with Crippen LogP contribution < -0.4 is 9.47 Å². The molecular formula is C21H16O3. The maximum atomic E-state index is 12.2. The number of rotatable bonds is 3. The van der Waals surface area contributed by atoms with Gasteiger partial charge in [0, 0.05) is 10.9 Å². The molecule has 3 aromatic carbocycles. The standard InChI is InChI=1S/C21H16O3/c1-23-19-11-8-14(12-20(19)24-2)15-9-6-13-7-10-18(22)17-5-3-4-16(15)21(13)17/h3-12H,1-2H3. The second-order valence-corrected chi connectivity index (χ2v) is 5.70. The number of carbonyl (C=O) groups is 1. The lowest BCUT2D eigenvalue weighted by molar-refractivity contribution is 0.104. The average Bonchev–Trinajstić information content (AvgIpc) is 2.64. The third kappa shape index (κ3) is 2.09. The minimum atomic E-state index is 0.0533. The van der Waals surface area contributed by atoms with Gasteiger partial charge < -0.3 is 9.47 Å². The average molecular weight is 316 g/mol. The number of benzene rings is 3. The number of ether oxygens (including phenoxy) is 2. The zero-order chi connectivity index (χ0) is 16.7. The molecule has 0 atom stereocenters. The lowest BCUT2D eigenvalue weighted by Gasteiger charge is -2.16. The number of carbonyl (C=O) groups excluding carboxylic acids is 1. The second kappa shape index (κ2) is 5.53. The van der Waals surface area contributed by atoms with E-state index in [9.17, 15) is 4.79 Å². The van der Waals surface area contributed by atoms with Crippen molar-refractivity contribution < 1.29 is 14.3 Å². The molecule has 1 aliphatic carbocycles. The normalized spacial score (nSPS) is 12.5. The van der Waals surface area contributed by atoms with Gasteiger partial charge in [0.05, 0.1) is 14.2 Å². The van der Waals surface area contributed by atoms with Gasteiger partial charge in [-0.05, 0) is 40.3 Å². The molecular weight excluding hydrogens is 300 g/mol. The Morgan fingerprint density at radius 1 is 0.792 bits per heavy atom. The van der Waals surface area contributed by atoms with E-state index in [0.29, 0.717) is 11.5 Å². The lowest BCUT2D eigenvalue weighted by Crippen LogP contribution is -2.01. The fourth-order valence-corrected chi connectivity index (χ4v) is 3.29. The van der Waals surface area contributed by atoms with Crippen LogP contribution in [0.2, 0.25) is 0 Å². The zero-order valence-electron chi connectivity index (χ0n) is 13.5. The van der Waals surface area contributed by atoms with Crippen LogP contribution >= 0.6 is 0 Å². The SMILES string of the molecule is COc1ccc(-c2ccc3c4c(cccc24)C(=O)C=C3)cc1OC. The van der Waals surface area contributed by atoms with Crippen LogP contribution in [-0.4, -0.2) is 20.0 Å². The van der Waals surface area contributed by atoms with E-state index >= 15 is 0 Å². The Bertz CT molecular complexity index is 999. The number of hydrogen-bond donors (Lipinski definition) is 0. The van der Waals surface area contributed by atoms with E-state index in [1.165, 1.54) is 0 Å². The summed E-state index contributed by atoms with van der Waals surface area (Å²) in [6, 6.07) is 15.9. The van der Waals surface area contributed by atoms with Gasteiger partial charge in [-0.1, -0.05) is 42.5 Å². The largest absolute Gasteiger partial charge is 0.493 e. The van der Waals surface area contributed by atoms with Gasteiger partial charge in [0.15, 0.2) is 17.3 Å². The number of hydrogen-bond acceptors (Lipinski definition) is 3. The molecule has 0 saturated heterocycles. The first-order valence-electron chi connectivity index (χ1n) is 7.73. The maximum Gasteiger partial charge on any atom is 0.186 e. The molecule has 0 heterocycles. The molecule has 0 fully saturated rings. The molecule has 0 amide bonds. The van der Waals surface area contributed by atoms with Crippen molar-refractivity contribution in [2.45, 2.75) is 0 Å². The number of allylic oxidation sites excluding steroid dienone is 1. The van der Waals surface area contributed by atoms with Gasteiger partial charge in [-0.25, -0.2) is 0 Å². The van der Waals surface area contributed by atoms with Crippen LogP contribution in [0.1, 0.15) is 15.9 Å². The van der Waals surface area contributed by atoms with E-state index in [4.69, 9.17) is 9.47 Å². The van der Waals surface area contributed by atoms with Crippen LogP contribution in [0.3, 0.4) is 0 Å². The molecule has 3 aromatic rings. The van der Waals surface area contributed by atoms with Crippen molar-refractivity contribution in [2.75, 3.05) is 14.2 Å². The minimum Gasteiger partial charge on any atom is -0.493 e. The van der Waals surface area contributed by atoms with Crippen molar-refractivity contribution in [1.82, 2.24) is 0 Å². The van der Waals surface area contributed by atoms with Crippen molar-refractivity contribution in [2.24, 2.45) is 0 Å². The number of ketones is 1. The molecule has 3 heteroatoms. The molecule has 0 bridgehead atoms. The Balaban J connectivity index is 2.00. The molecule has 118 valence electrons. The van der Waals surface area contributed by atoms with E-state index in [1.807, 2.05) is 36.4 Å². The summed E-state index contributed by atoms with van der Waals surface area (Å²) in [7, 11) is 3.25. The monoisotopic (exact) mass is 316 g/mol. The molecule has 0 aliphatic heterocycles. The Morgan fingerprint density at radius 3 is 2.42 bits per heavy atom. The summed E-state index contributed by atoms with van der Waals surface area (Å²) in [5.74, 6) is 1.44. The highest BCUT2D eigenvalue weighted by Gasteiger charge is 2.17. The summed E-state index contributed by atoms with van der Waals surface area (Å²) in [5, 5.41) is 2.08. The van der Waals surface area contributed by atoms with E-state index in [2.05, 4.69) is 18.2 Å². The fourth-order valence-electron chi connectivity index (χ4n) is 3.29. The molecule has 0 spiro atoms. The highest BCUT2D eigenvalue weighted by Crippen LogP contribution is 2.38. The molecule has 3 nitrogen and oxygen atoms in total. The van der Waals surface area contributed by atoms with Crippen molar-refractivity contribution >= 4 is 22.6 Å². The van der Waals surface area contributed by atoms with Crippen LogP contribution in [0.4, 0.5) is 0 Å². The highest BCUT2D eigenvalue weighted by molar-refractivity contribution is 6.21. The predicted molar refractivity (Wildman–Crippen MR) is 95.9 cm³/mol. The van der Waals surface area contributed by atoms with E-state index in [1.54, 1.807) is 20.3 Å². The molecule has 0 radical (unpaired) electrons. The summed E-state index contributed by atoms with van der Waals surface area (Å²) in [6.45, 7) is 0. The summed E-state index contributed by atoms with van der Waals surface area (Å²) in [6.07, 6.45) is 3.52. The highest BCUT2D eigenvalue weighted by atomic mass is 16.5. The van der Waals surface area contributed by atoms with Crippen LogP contribution in [0.15, 0.2) is 54.6 Å². The first-order chi connectivity index (χ1) is 11.7. The predicted octanol–water partition coefficient (Wildman–Crippen LogP) is 4.73. The van der Waals surface area contributed by atoms with Crippen LogP contribution in [0, 0.1) is 0 Å². The van der Waals surface area contributed by atoms with Gasteiger partial charge in [-0.2, -0.15) is 0 Å².